The van der Waals surface area contributed by atoms with Crippen LogP contribution in [0.4, 0.5) is 5.69 Å². The normalized spacial score (nSPS) is 16.3. The molecular weight excluding hydrogens is 412 g/mol. The van der Waals surface area contributed by atoms with Crippen LogP contribution in [0.5, 0.6) is 5.75 Å². The molecule has 31 heavy (non-hydrogen) atoms. The fourth-order valence-electron chi connectivity index (χ4n) is 3.86. The van der Waals surface area contributed by atoms with E-state index >= 15 is 0 Å². The predicted octanol–water partition coefficient (Wildman–Crippen LogP) is 4.69. The Balaban J connectivity index is 1.39. The van der Waals surface area contributed by atoms with E-state index in [2.05, 4.69) is 26.3 Å². The Labute approximate surface area is 187 Å². The van der Waals surface area contributed by atoms with Crippen LogP contribution in [-0.4, -0.2) is 41.0 Å². The van der Waals surface area contributed by atoms with Gasteiger partial charge in [0.05, 0.1) is 18.4 Å². The van der Waals surface area contributed by atoms with E-state index < -0.39 is 0 Å². The average molecular weight is 437 g/mol. The second-order valence-corrected chi connectivity index (χ2v) is 8.20. The summed E-state index contributed by atoms with van der Waals surface area (Å²) in [6, 6.07) is 15.2. The highest BCUT2D eigenvalue weighted by Gasteiger charge is 2.27. The number of aryl methyl sites for hydroxylation is 1. The smallest absolute Gasteiger partial charge is 0.259 e. The number of ether oxygens (including phenoxy) is 1. The van der Waals surface area contributed by atoms with Gasteiger partial charge in [-0.05, 0) is 61.9 Å². The first-order valence-electron chi connectivity index (χ1n) is 10.3. The molecule has 0 radical (unpaired) electrons. The number of hydrogen-bond acceptors (Lipinski definition) is 5. The van der Waals surface area contributed by atoms with Crippen molar-refractivity contribution in [1.29, 1.82) is 0 Å². The highest BCUT2D eigenvalue weighted by atomic mass is 35.5. The first-order chi connectivity index (χ1) is 15.0. The fraction of sp³-hybridized carbons (Fsp3) is 0.292. The molecule has 3 aromatic rings. The summed E-state index contributed by atoms with van der Waals surface area (Å²) >= 11 is 6.10. The number of carbonyl (C=O) groups excluding carboxylic acids is 1. The lowest BCUT2D eigenvalue weighted by molar-refractivity contribution is 0.102. The van der Waals surface area contributed by atoms with Gasteiger partial charge in [-0.1, -0.05) is 23.7 Å². The van der Waals surface area contributed by atoms with Crippen LogP contribution in [0.3, 0.4) is 0 Å². The van der Waals surface area contributed by atoms with Crippen LogP contribution in [0, 0.1) is 6.92 Å². The zero-order valence-electron chi connectivity index (χ0n) is 17.6. The van der Waals surface area contributed by atoms with Crippen LogP contribution in [0.15, 0.2) is 54.7 Å². The lowest BCUT2D eigenvalue weighted by Gasteiger charge is -2.16. The molecule has 0 bridgehead atoms. The van der Waals surface area contributed by atoms with Crippen LogP contribution < -0.4 is 10.1 Å². The summed E-state index contributed by atoms with van der Waals surface area (Å²) in [5, 5.41) is 3.64. The minimum Gasteiger partial charge on any atom is -0.497 e. The molecule has 0 saturated carbocycles. The van der Waals surface area contributed by atoms with Crippen LogP contribution in [0.1, 0.15) is 39.8 Å². The number of methoxy groups -OCH3 is 1. The van der Waals surface area contributed by atoms with Crippen molar-refractivity contribution >= 4 is 23.2 Å². The molecule has 1 unspecified atom stereocenters. The lowest BCUT2D eigenvalue weighted by Crippen LogP contribution is -2.21. The quantitative estimate of drug-likeness (QED) is 0.607. The van der Waals surface area contributed by atoms with Gasteiger partial charge < -0.3 is 10.1 Å². The molecule has 2 aromatic carbocycles. The van der Waals surface area contributed by atoms with Crippen molar-refractivity contribution in [1.82, 2.24) is 14.9 Å². The maximum atomic E-state index is 12.7. The standard InChI is InChI=1S/C24H25ClN4O2/c1-16-22(24(30)28-20-6-8-21(31-2)9-7-20)13-26-23(27-16)18-10-11-29(15-18)14-17-4-3-5-19(25)12-17/h3-9,12-13,18H,10-11,14-15H2,1-2H3,(H,28,30). The van der Waals surface area contributed by atoms with Crippen LogP contribution in [0.25, 0.3) is 0 Å². The van der Waals surface area contributed by atoms with Crippen molar-refractivity contribution in [3.8, 4) is 5.75 Å². The van der Waals surface area contributed by atoms with Crippen LogP contribution >= 0.6 is 11.6 Å². The monoisotopic (exact) mass is 436 g/mol. The average Bonchev–Trinajstić information content (AvgIpc) is 3.22. The molecule has 1 fully saturated rings. The van der Waals surface area contributed by atoms with E-state index in [9.17, 15) is 4.79 Å². The number of nitrogens with one attached hydrogen (secondary N) is 1. The number of benzene rings is 2. The van der Waals surface area contributed by atoms with Gasteiger partial charge in [-0.15, -0.1) is 0 Å². The summed E-state index contributed by atoms with van der Waals surface area (Å²) in [6.07, 6.45) is 2.63. The predicted molar refractivity (Wildman–Crippen MR) is 122 cm³/mol. The molecule has 160 valence electrons. The first kappa shape index (κ1) is 21.3. The maximum absolute atomic E-state index is 12.7. The SMILES string of the molecule is COc1ccc(NC(=O)c2cnc(C3CCN(Cc4cccc(Cl)c4)C3)nc2C)cc1. The number of likely N-dealkylation sites (tertiary alicyclic amines) is 1. The zero-order chi connectivity index (χ0) is 21.8. The second kappa shape index (κ2) is 9.45. The molecule has 1 aliphatic rings. The summed E-state index contributed by atoms with van der Waals surface area (Å²) in [4.78, 5) is 24.2. The zero-order valence-corrected chi connectivity index (χ0v) is 18.4. The Bertz CT molecular complexity index is 1070. The largest absolute Gasteiger partial charge is 0.497 e. The number of nitrogens with zero attached hydrogens (tertiary/aromatic N) is 3. The Morgan fingerprint density at radius 3 is 2.77 bits per heavy atom. The van der Waals surface area contributed by atoms with E-state index in [0.29, 0.717) is 16.9 Å². The molecule has 4 rings (SSSR count). The molecule has 7 heteroatoms. The van der Waals surface area contributed by atoms with Crippen molar-refractivity contribution in [3.05, 3.63) is 82.4 Å². The summed E-state index contributed by atoms with van der Waals surface area (Å²) in [5.41, 5.74) is 3.06. The van der Waals surface area contributed by atoms with Crippen molar-refractivity contribution in [2.75, 3.05) is 25.5 Å². The molecule has 2 heterocycles. The molecule has 1 N–H and O–H groups in total. The molecular formula is C24H25ClN4O2. The van der Waals surface area contributed by atoms with E-state index in [1.807, 2.05) is 25.1 Å². The number of anilines is 1. The number of aromatic nitrogens is 2. The van der Waals surface area contributed by atoms with Gasteiger partial charge in [-0.3, -0.25) is 9.69 Å². The molecule has 1 amide bonds. The van der Waals surface area contributed by atoms with E-state index in [0.717, 1.165) is 42.7 Å². The summed E-state index contributed by atoms with van der Waals surface area (Å²) < 4.78 is 5.14. The van der Waals surface area contributed by atoms with Gasteiger partial charge in [0.2, 0.25) is 0 Å². The lowest BCUT2D eigenvalue weighted by atomic mass is 10.1. The molecule has 0 aliphatic carbocycles. The second-order valence-electron chi connectivity index (χ2n) is 7.76. The Kier molecular flexibility index (Phi) is 6.49. The van der Waals surface area contributed by atoms with Crippen LogP contribution in [0.2, 0.25) is 5.02 Å². The van der Waals surface area contributed by atoms with Gasteiger partial charge in [0.15, 0.2) is 0 Å². The molecule has 1 saturated heterocycles. The van der Waals surface area contributed by atoms with Crippen molar-refractivity contribution in [3.63, 3.8) is 0 Å². The third-order valence-corrected chi connectivity index (χ3v) is 5.76. The number of carbonyl (C=O) groups is 1. The summed E-state index contributed by atoms with van der Waals surface area (Å²) in [5.74, 6) is 1.58. The van der Waals surface area contributed by atoms with Gasteiger partial charge in [0.1, 0.15) is 11.6 Å². The van der Waals surface area contributed by atoms with E-state index in [4.69, 9.17) is 16.3 Å². The third kappa shape index (κ3) is 5.21. The fourth-order valence-corrected chi connectivity index (χ4v) is 4.07. The highest BCUT2D eigenvalue weighted by Crippen LogP contribution is 2.27. The Morgan fingerprint density at radius 2 is 2.06 bits per heavy atom. The van der Waals surface area contributed by atoms with Crippen molar-refractivity contribution < 1.29 is 9.53 Å². The van der Waals surface area contributed by atoms with Crippen molar-refractivity contribution in [2.24, 2.45) is 0 Å². The van der Waals surface area contributed by atoms with Gasteiger partial charge >= 0.3 is 0 Å². The summed E-state index contributed by atoms with van der Waals surface area (Å²) in [6.45, 7) is 4.59. The topological polar surface area (TPSA) is 67.3 Å². The molecule has 1 aliphatic heterocycles. The molecule has 0 spiro atoms. The number of rotatable bonds is 6. The Morgan fingerprint density at radius 1 is 1.26 bits per heavy atom. The van der Waals surface area contributed by atoms with Crippen molar-refractivity contribution in [2.45, 2.75) is 25.8 Å². The Hall–Kier alpha value is -2.96. The number of amides is 1. The minimum atomic E-state index is -0.219. The van der Waals surface area contributed by atoms with Gasteiger partial charge in [-0.25, -0.2) is 9.97 Å². The minimum absolute atomic E-state index is 0.219. The molecule has 6 nitrogen and oxygen atoms in total. The maximum Gasteiger partial charge on any atom is 0.259 e. The van der Waals surface area contributed by atoms with E-state index in [1.54, 1.807) is 37.6 Å². The molecule has 1 atom stereocenters. The van der Waals surface area contributed by atoms with E-state index in [-0.39, 0.29) is 11.8 Å². The van der Waals surface area contributed by atoms with Gasteiger partial charge in [-0.2, -0.15) is 0 Å². The first-order valence-corrected chi connectivity index (χ1v) is 10.7. The van der Waals surface area contributed by atoms with E-state index in [1.165, 1.54) is 5.56 Å². The molecule has 1 aromatic heterocycles. The highest BCUT2D eigenvalue weighted by molar-refractivity contribution is 6.30. The summed E-state index contributed by atoms with van der Waals surface area (Å²) in [7, 11) is 1.61. The van der Waals surface area contributed by atoms with Crippen LogP contribution in [-0.2, 0) is 6.54 Å². The van der Waals surface area contributed by atoms with Gasteiger partial charge in [0.25, 0.3) is 5.91 Å². The third-order valence-electron chi connectivity index (χ3n) is 5.52. The van der Waals surface area contributed by atoms with Gasteiger partial charge in [0, 0.05) is 35.9 Å². The number of halogens is 1. The number of hydrogen-bond donors (Lipinski definition) is 1.